The highest BCUT2D eigenvalue weighted by Gasteiger charge is 2.13. The predicted octanol–water partition coefficient (Wildman–Crippen LogP) is 6.22. The molecule has 0 bridgehead atoms. The van der Waals surface area contributed by atoms with E-state index in [0.717, 1.165) is 22.5 Å². The number of benzene rings is 3. The lowest BCUT2D eigenvalue weighted by atomic mass is 10.1. The molecule has 0 amide bonds. The summed E-state index contributed by atoms with van der Waals surface area (Å²) in [5.74, 6) is 1.33. The maximum absolute atomic E-state index is 10.7. The summed E-state index contributed by atoms with van der Waals surface area (Å²) in [5.41, 5.74) is 4.36. The molecule has 0 saturated heterocycles. The molecule has 3 aromatic carbocycles. The number of hydrazone groups is 1. The van der Waals surface area contributed by atoms with E-state index in [1.165, 1.54) is 12.1 Å². The lowest BCUT2D eigenvalue weighted by Crippen LogP contribution is -2.02. The first kappa shape index (κ1) is 23.0. The van der Waals surface area contributed by atoms with E-state index in [-0.39, 0.29) is 5.69 Å². The van der Waals surface area contributed by atoms with Crippen LogP contribution in [0.15, 0.2) is 78.0 Å². The predicted molar refractivity (Wildman–Crippen MR) is 133 cm³/mol. The fourth-order valence-corrected chi connectivity index (χ4v) is 3.64. The second-order valence-corrected chi connectivity index (χ2v) is 7.63. The van der Waals surface area contributed by atoms with Gasteiger partial charge in [-0.2, -0.15) is 5.10 Å². The van der Waals surface area contributed by atoms with Gasteiger partial charge in [0.05, 0.1) is 22.8 Å². The number of halogens is 1. The standard InChI is InChI=1S/C25H21ClN4O4/c1-2-33-23-13-17(14-28-29-24-11-10-20(15-27-24)30(31)32)12-22(26)25(23)34-16-19-8-5-7-18-6-3-4-9-21(18)19/h3-15H,2,16H2,1H3,(H,27,29)/b28-14-. The summed E-state index contributed by atoms with van der Waals surface area (Å²) in [6.07, 6.45) is 2.70. The normalized spacial score (nSPS) is 11.0. The van der Waals surface area contributed by atoms with Crippen LogP contribution in [0, 0.1) is 10.1 Å². The Morgan fingerprint density at radius 2 is 1.94 bits per heavy atom. The average Bonchev–Trinajstić information content (AvgIpc) is 2.84. The number of rotatable bonds is 9. The number of hydrogen-bond donors (Lipinski definition) is 1. The van der Waals surface area contributed by atoms with Crippen LogP contribution in [0.4, 0.5) is 11.5 Å². The number of nitrogens with one attached hydrogen (secondary N) is 1. The van der Waals surface area contributed by atoms with Crippen molar-refractivity contribution in [2.45, 2.75) is 13.5 Å². The van der Waals surface area contributed by atoms with Crippen LogP contribution in [0.2, 0.25) is 5.02 Å². The summed E-state index contributed by atoms with van der Waals surface area (Å²) in [6.45, 7) is 2.65. The topological polar surface area (TPSA) is 98.9 Å². The Kier molecular flexibility index (Phi) is 7.19. The van der Waals surface area contributed by atoms with Crippen molar-refractivity contribution in [1.29, 1.82) is 0 Å². The van der Waals surface area contributed by atoms with Crippen LogP contribution >= 0.6 is 11.6 Å². The van der Waals surface area contributed by atoms with Gasteiger partial charge >= 0.3 is 0 Å². The average molecular weight is 477 g/mol. The minimum absolute atomic E-state index is 0.0956. The Hall–Kier alpha value is -4.17. The van der Waals surface area contributed by atoms with Gasteiger partial charge in [-0.3, -0.25) is 15.5 Å². The van der Waals surface area contributed by atoms with E-state index in [0.29, 0.717) is 41.1 Å². The van der Waals surface area contributed by atoms with Crippen molar-refractivity contribution in [2.24, 2.45) is 5.10 Å². The fraction of sp³-hybridized carbons (Fsp3) is 0.120. The Labute approximate surface area is 201 Å². The van der Waals surface area contributed by atoms with Crippen LogP contribution in [0.25, 0.3) is 10.8 Å². The van der Waals surface area contributed by atoms with E-state index < -0.39 is 4.92 Å². The molecule has 8 nitrogen and oxygen atoms in total. The van der Waals surface area contributed by atoms with Crippen molar-refractivity contribution in [3.8, 4) is 11.5 Å². The molecular formula is C25H21ClN4O4. The van der Waals surface area contributed by atoms with Gasteiger partial charge in [-0.25, -0.2) is 4.98 Å². The molecule has 0 radical (unpaired) electrons. The molecule has 1 N–H and O–H groups in total. The minimum atomic E-state index is -0.513. The van der Waals surface area contributed by atoms with Crippen LogP contribution < -0.4 is 14.9 Å². The van der Waals surface area contributed by atoms with E-state index in [4.69, 9.17) is 21.1 Å². The summed E-state index contributed by atoms with van der Waals surface area (Å²) < 4.78 is 11.9. The summed E-state index contributed by atoms with van der Waals surface area (Å²) in [6, 6.07) is 20.5. The van der Waals surface area contributed by atoms with Crippen molar-refractivity contribution < 1.29 is 14.4 Å². The van der Waals surface area contributed by atoms with Gasteiger partial charge in [0, 0.05) is 6.07 Å². The molecule has 0 saturated carbocycles. The fourth-order valence-electron chi connectivity index (χ4n) is 3.37. The molecule has 1 heterocycles. The first-order valence-corrected chi connectivity index (χ1v) is 10.9. The molecular weight excluding hydrogens is 456 g/mol. The summed E-state index contributed by atoms with van der Waals surface area (Å²) in [4.78, 5) is 14.2. The summed E-state index contributed by atoms with van der Waals surface area (Å²) in [7, 11) is 0. The van der Waals surface area contributed by atoms with Crippen LogP contribution in [-0.4, -0.2) is 22.7 Å². The second kappa shape index (κ2) is 10.6. The van der Waals surface area contributed by atoms with Gasteiger partial charge in [-0.05, 0) is 47.0 Å². The summed E-state index contributed by atoms with van der Waals surface area (Å²) >= 11 is 6.53. The van der Waals surface area contributed by atoms with Crippen molar-refractivity contribution in [3.63, 3.8) is 0 Å². The molecule has 0 atom stereocenters. The van der Waals surface area contributed by atoms with Crippen LogP contribution in [0.1, 0.15) is 18.1 Å². The minimum Gasteiger partial charge on any atom is -0.490 e. The lowest BCUT2D eigenvalue weighted by Gasteiger charge is -2.15. The Bertz CT molecular complexity index is 1340. The van der Waals surface area contributed by atoms with E-state index in [1.54, 1.807) is 18.3 Å². The quantitative estimate of drug-likeness (QED) is 0.175. The number of fused-ring (bicyclic) bond motifs is 1. The Morgan fingerprint density at radius 3 is 2.71 bits per heavy atom. The highest BCUT2D eigenvalue weighted by atomic mass is 35.5. The monoisotopic (exact) mass is 476 g/mol. The van der Waals surface area contributed by atoms with Gasteiger partial charge in [-0.15, -0.1) is 0 Å². The molecule has 4 rings (SSSR count). The van der Waals surface area contributed by atoms with Gasteiger partial charge < -0.3 is 9.47 Å². The highest BCUT2D eigenvalue weighted by Crippen LogP contribution is 2.37. The molecule has 0 spiro atoms. The third-order valence-electron chi connectivity index (χ3n) is 4.94. The van der Waals surface area contributed by atoms with Gasteiger partial charge in [0.15, 0.2) is 11.5 Å². The molecule has 0 unspecified atom stereocenters. The van der Waals surface area contributed by atoms with Crippen LogP contribution in [-0.2, 0) is 6.61 Å². The number of aromatic nitrogens is 1. The first-order valence-electron chi connectivity index (χ1n) is 10.5. The third-order valence-corrected chi connectivity index (χ3v) is 5.22. The van der Waals surface area contributed by atoms with Crippen LogP contribution in [0.3, 0.4) is 0 Å². The molecule has 0 aliphatic rings. The van der Waals surface area contributed by atoms with Crippen molar-refractivity contribution in [2.75, 3.05) is 12.0 Å². The van der Waals surface area contributed by atoms with Gasteiger partial charge in [-0.1, -0.05) is 54.1 Å². The molecule has 172 valence electrons. The van der Waals surface area contributed by atoms with E-state index >= 15 is 0 Å². The van der Waals surface area contributed by atoms with Gasteiger partial charge in [0.1, 0.15) is 18.6 Å². The SMILES string of the molecule is CCOc1cc(/C=N\Nc2ccc([N+](=O)[O-])cn2)cc(Cl)c1OCc1cccc2ccccc12. The van der Waals surface area contributed by atoms with E-state index in [9.17, 15) is 10.1 Å². The van der Waals surface area contributed by atoms with Gasteiger partial charge in [0.25, 0.3) is 5.69 Å². The zero-order valence-electron chi connectivity index (χ0n) is 18.3. The molecule has 0 aliphatic heterocycles. The molecule has 4 aromatic rings. The number of nitro groups is 1. The Balaban J connectivity index is 1.50. The van der Waals surface area contributed by atoms with E-state index in [1.807, 2.05) is 31.2 Å². The number of hydrogen-bond acceptors (Lipinski definition) is 7. The number of ether oxygens (including phenoxy) is 2. The Morgan fingerprint density at radius 1 is 1.12 bits per heavy atom. The maximum atomic E-state index is 10.7. The van der Waals surface area contributed by atoms with Crippen LogP contribution in [0.5, 0.6) is 11.5 Å². The molecule has 34 heavy (non-hydrogen) atoms. The molecule has 0 fully saturated rings. The van der Waals surface area contributed by atoms with Crippen molar-refractivity contribution in [1.82, 2.24) is 4.98 Å². The zero-order chi connectivity index (χ0) is 23.9. The molecule has 1 aromatic heterocycles. The number of nitrogens with zero attached hydrogens (tertiary/aromatic N) is 3. The van der Waals surface area contributed by atoms with Crippen molar-refractivity contribution in [3.05, 3.63) is 99.2 Å². The second-order valence-electron chi connectivity index (χ2n) is 7.22. The largest absolute Gasteiger partial charge is 0.490 e. The maximum Gasteiger partial charge on any atom is 0.287 e. The molecule has 9 heteroatoms. The van der Waals surface area contributed by atoms with Crippen molar-refractivity contribution >= 4 is 40.1 Å². The summed E-state index contributed by atoms with van der Waals surface area (Å²) in [5, 5.41) is 17.5. The lowest BCUT2D eigenvalue weighted by molar-refractivity contribution is -0.385. The first-order chi connectivity index (χ1) is 16.5. The smallest absolute Gasteiger partial charge is 0.287 e. The molecule has 0 aliphatic carbocycles. The third kappa shape index (κ3) is 5.41. The highest BCUT2D eigenvalue weighted by molar-refractivity contribution is 6.32. The van der Waals surface area contributed by atoms with Gasteiger partial charge in [0.2, 0.25) is 0 Å². The zero-order valence-corrected chi connectivity index (χ0v) is 19.0. The number of pyridine rings is 1. The number of anilines is 1. The van der Waals surface area contributed by atoms with E-state index in [2.05, 4.69) is 33.7 Å².